The van der Waals surface area contributed by atoms with Crippen molar-refractivity contribution in [1.82, 2.24) is 15.0 Å². The summed E-state index contributed by atoms with van der Waals surface area (Å²) in [6.07, 6.45) is 1.72. The minimum atomic E-state index is 0.214. The highest BCUT2D eigenvalue weighted by Crippen LogP contribution is 2.33. The minimum absolute atomic E-state index is 0.214. The van der Waals surface area contributed by atoms with Gasteiger partial charge in [0.2, 0.25) is 11.8 Å². The van der Waals surface area contributed by atoms with Crippen LogP contribution in [0.3, 0.4) is 0 Å². The molecule has 2 N–H and O–H groups in total. The number of nitrogen functional groups attached to an aromatic ring is 1. The van der Waals surface area contributed by atoms with Crippen molar-refractivity contribution in [1.29, 1.82) is 0 Å². The first kappa shape index (κ1) is 11.9. The Morgan fingerprint density at radius 1 is 1.26 bits per heavy atom. The van der Waals surface area contributed by atoms with Crippen LogP contribution >= 0.6 is 11.3 Å². The Morgan fingerprint density at radius 3 is 2.89 bits per heavy atom. The lowest BCUT2D eigenvalue weighted by Crippen LogP contribution is -1.98. The van der Waals surface area contributed by atoms with Gasteiger partial charge in [0, 0.05) is 11.1 Å². The number of anilines is 1. The Kier molecular flexibility index (Phi) is 2.79. The molecule has 0 atom stereocenters. The van der Waals surface area contributed by atoms with E-state index in [0.29, 0.717) is 11.6 Å². The SMILES string of the molecule is Cc1cc2c(Oc3cccnc3C)nc(N)nc2s1. The van der Waals surface area contributed by atoms with Crippen LogP contribution in [0.1, 0.15) is 10.6 Å². The van der Waals surface area contributed by atoms with Crippen LogP contribution in [0.2, 0.25) is 0 Å². The zero-order chi connectivity index (χ0) is 13.4. The molecule has 0 saturated carbocycles. The molecule has 19 heavy (non-hydrogen) atoms. The van der Waals surface area contributed by atoms with Gasteiger partial charge < -0.3 is 10.5 Å². The number of aryl methyl sites for hydroxylation is 2. The van der Waals surface area contributed by atoms with E-state index in [9.17, 15) is 0 Å². The molecule has 96 valence electrons. The average Bonchev–Trinajstić information content (AvgIpc) is 2.72. The smallest absolute Gasteiger partial charge is 0.232 e. The number of aromatic nitrogens is 3. The lowest BCUT2D eigenvalue weighted by Gasteiger charge is -2.07. The van der Waals surface area contributed by atoms with E-state index < -0.39 is 0 Å². The first-order valence-corrected chi connectivity index (χ1v) is 6.58. The van der Waals surface area contributed by atoms with Crippen LogP contribution in [-0.4, -0.2) is 15.0 Å². The summed E-state index contributed by atoms with van der Waals surface area (Å²) in [5, 5.41) is 0.875. The van der Waals surface area contributed by atoms with Gasteiger partial charge >= 0.3 is 0 Å². The summed E-state index contributed by atoms with van der Waals surface area (Å²) in [6, 6.07) is 5.68. The van der Waals surface area contributed by atoms with Crippen LogP contribution < -0.4 is 10.5 Å². The predicted molar refractivity (Wildman–Crippen MR) is 75.6 cm³/mol. The molecule has 0 amide bonds. The van der Waals surface area contributed by atoms with Crippen LogP contribution in [0.4, 0.5) is 5.95 Å². The van der Waals surface area contributed by atoms with Crippen LogP contribution in [0, 0.1) is 13.8 Å². The molecule has 0 aliphatic rings. The van der Waals surface area contributed by atoms with Crippen molar-refractivity contribution < 1.29 is 4.74 Å². The molecule has 0 aliphatic carbocycles. The third kappa shape index (κ3) is 2.22. The van der Waals surface area contributed by atoms with Gasteiger partial charge in [-0.25, -0.2) is 4.98 Å². The lowest BCUT2D eigenvalue weighted by molar-refractivity contribution is 0.463. The molecule has 3 rings (SSSR count). The highest BCUT2D eigenvalue weighted by atomic mass is 32.1. The number of ether oxygens (including phenoxy) is 1. The van der Waals surface area contributed by atoms with Crippen LogP contribution in [-0.2, 0) is 0 Å². The summed E-state index contributed by atoms with van der Waals surface area (Å²) in [5.41, 5.74) is 6.52. The molecular weight excluding hydrogens is 260 g/mol. The second-order valence-corrected chi connectivity index (χ2v) is 5.39. The van der Waals surface area contributed by atoms with Gasteiger partial charge in [-0.1, -0.05) is 0 Å². The maximum atomic E-state index is 5.83. The number of thiophene rings is 1. The summed E-state index contributed by atoms with van der Waals surface area (Å²) >= 11 is 1.57. The van der Waals surface area contributed by atoms with Crippen molar-refractivity contribution in [3.05, 3.63) is 35.0 Å². The predicted octanol–water partition coefficient (Wildman–Crippen LogP) is 3.08. The summed E-state index contributed by atoms with van der Waals surface area (Å²) in [5.74, 6) is 1.36. The van der Waals surface area contributed by atoms with Crippen LogP contribution in [0.15, 0.2) is 24.4 Å². The Labute approximate surface area is 114 Å². The first-order valence-electron chi connectivity index (χ1n) is 5.76. The molecule has 3 aromatic rings. The maximum Gasteiger partial charge on any atom is 0.232 e. The molecular formula is C13H12N4OS. The molecule has 0 bridgehead atoms. The molecule has 3 heterocycles. The fraction of sp³-hybridized carbons (Fsp3) is 0.154. The van der Waals surface area contributed by atoms with E-state index in [4.69, 9.17) is 10.5 Å². The Bertz CT molecular complexity index is 753. The zero-order valence-electron chi connectivity index (χ0n) is 10.5. The van der Waals surface area contributed by atoms with Gasteiger partial charge in [-0.15, -0.1) is 11.3 Å². The fourth-order valence-electron chi connectivity index (χ4n) is 1.79. The number of rotatable bonds is 2. The summed E-state index contributed by atoms with van der Waals surface area (Å²) in [6.45, 7) is 3.90. The van der Waals surface area contributed by atoms with E-state index in [0.717, 1.165) is 20.8 Å². The maximum absolute atomic E-state index is 5.83. The van der Waals surface area contributed by atoms with Gasteiger partial charge in [-0.2, -0.15) is 4.98 Å². The number of hydrogen-bond acceptors (Lipinski definition) is 6. The highest BCUT2D eigenvalue weighted by Gasteiger charge is 2.12. The van der Waals surface area contributed by atoms with Gasteiger partial charge in [0.15, 0.2) is 5.75 Å². The van der Waals surface area contributed by atoms with Gasteiger partial charge in [0.1, 0.15) is 4.83 Å². The van der Waals surface area contributed by atoms with Crippen molar-refractivity contribution in [2.75, 3.05) is 5.73 Å². The van der Waals surface area contributed by atoms with Gasteiger partial charge in [0.25, 0.3) is 0 Å². The molecule has 0 fully saturated rings. The third-order valence-electron chi connectivity index (χ3n) is 2.66. The number of fused-ring (bicyclic) bond motifs is 1. The topological polar surface area (TPSA) is 73.9 Å². The van der Waals surface area contributed by atoms with E-state index in [1.165, 1.54) is 0 Å². The standard InChI is InChI=1S/C13H12N4OS/c1-7-6-9-11(16-13(14)17-12(9)19-7)18-10-4-3-5-15-8(10)2/h3-6H,1-2H3,(H2,14,16,17). The summed E-state index contributed by atoms with van der Waals surface area (Å²) in [4.78, 5) is 14.5. The highest BCUT2D eigenvalue weighted by molar-refractivity contribution is 7.18. The molecule has 0 aliphatic heterocycles. The van der Waals surface area contributed by atoms with Crippen LogP contribution in [0.25, 0.3) is 10.2 Å². The second kappa shape index (κ2) is 4.47. The monoisotopic (exact) mass is 272 g/mol. The van der Waals surface area contributed by atoms with Crippen molar-refractivity contribution in [2.45, 2.75) is 13.8 Å². The Morgan fingerprint density at radius 2 is 2.11 bits per heavy atom. The molecule has 3 aromatic heterocycles. The Balaban J connectivity index is 2.12. The fourth-order valence-corrected chi connectivity index (χ4v) is 2.67. The quantitative estimate of drug-likeness (QED) is 0.776. The van der Waals surface area contributed by atoms with Crippen molar-refractivity contribution >= 4 is 27.5 Å². The largest absolute Gasteiger partial charge is 0.436 e. The molecule has 0 saturated heterocycles. The number of pyridine rings is 1. The second-order valence-electron chi connectivity index (χ2n) is 4.15. The summed E-state index contributed by atoms with van der Waals surface area (Å²) in [7, 11) is 0. The van der Waals surface area contributed by atoms with Gasteiger partial charge in [-0.05, 0) is 32.0 Å². The molecule has 0 unspecified atom stereocenters. The van der Waals surface area contributed by atoms with Gasteiger partial charge in [0.05, 0.1) is 11.1 Å². The average molecular weight is 272 g/mol. The normalized spacial score (nSPS) is 10.8. The molecule has 5 nitrogen and oxygen atoms in total. The number of nitrogens with two attached hydrogens (primary N) is 1. The van der Waals surface area contributed by atoms with E-state index in [1.54, 1.807) is 17.5 Å². The summed E-state index contributed by atoms with van der Waals surface area (Å²) < 4.78 is 5.83. The number of nitrogens with zero attached hydrogens (tertiary/aromatic N) is 3. The van der Waals surface area contributed by atoms with Gasteiger partial charge in [-0.3, -0.25) is 4.98 Å². The van der Waals surface area contributed by atoms with Crippen molar-refractivity contribution in [2.24, 2.45) is 0 Å². The van der Waals surface area contributed by atoms with Crippen molar-refractivity contribution in [3.8, 4) is 11.6 Å². The van der Waals surface area contributed by atoms with E-state index in [-0.39, 0.29) is 5.95 Å². The lowest BCUT2D eigenvalue weighted by atomic mass is 10.3. The van der Waals surface area contributed by atoms with Crippen LogP contribution in [0.5, 0.6) is 11.6 Å². The van der Waals surface area contributed by atoms with E-state index in [1.807, 2.05) is 32.0 Å². The first-order chi connectivity index (χ1) is 9.13. The molecule has 0 aromatic carbocycles. The van der Waals surface area contributed by atoms with E-state index in [2.05, 4.69) is 15.0 Å². The Hall–Kier alpha value is -2.21. The minimum Gasteiger partial charge on any atom is -0.436 e. The third-order valence-corrected chi connectivity index (χ3v) is 3.61. The molecule has 0 spiro atoms. The number of hydrogen-bond donors (Lipinski definition) is 1. The zero-order valence-corrected chi connectivity index (χ0v) is 11.4. The molecule has 0 radical (unpaired) electrons. The van der Waals surface area contributed by atoms with E-state index >= 15 is 0 Å². The van der Waals surface area contributed by atoms with Crippen molar-refractivity contribution in [3.63, 3.8) is 0 Å². The molecule has 6 heteroatoms.